The van der Waals surface area contributed by atoms with E-state index in [2.05, 4.69) is 20.8 Å². The molecule has 0 aliphatic carbocycles. The molecule has 2 N–H and O–H groups in total. The maximum atomic E-state index is 11.8. The molecule has 0 aliphatic rings. The quantitative estimate of drug-likeness (QED) is 0.757. The Morgan fingerprint density at radius 3 is 2.81 bits per heavy atom. The Bertz CT molecular complexity index is 588. The molecule has 8 heteroatoms. The zero-order chi connectivity index (χ0) is 15.1. The molecule has 0 spiro atoms. The zero-order valence-corrected chi connectivity index (χ0v) is 13.8. The van der Waals surface area contributed by atoms with E-state index in [-0.39, 0.29) is 5.91 Å². The fraction of sp³-hybridized carbons (Fsp3) is 0.308. The molecule has 1 amide bonds. The van der Waals surface area contributed by atoms with E-state index in [0.717, 1.165) is 21.6 Å². The van der Waals surface area contributed by atoms with E-state index in [4.69, 9.17) is 11.6 Å². The van der Waals surface area contributed by atoms with E-state index in [1.807, 2.05) is 19.1 Å². The molecule has 5 nitrogen and oxygen atoms in total. The van der Waals surface area contributed by atoms with Crippen LogP contribution in [0.3, 0.4) is 0 Å². The van der Waals surface area contributed by atoms with Crippen molar-refractivity contribution in [1.29, 1.82) is 0 Å². The van der Waals surface area contributed by atoms with Crippen molar-refractivity contribution in [3.05, 3.63) is 34.9 Å². The van der Waals surface area contributed by atoms with Crippen LogP contribution in [0.4, 0.5) is 5.13 Å². The second-order valence-electron chi connectivity index (χ2n) is 4.10. The molecule has 0 atom stereocenters. The van der Waals surface area contributed by atoms with E-state index < -0.39 is 0 Å². The lowest BCUT2D eigenvalue weighted by molar-refractivity contribution is -0.118. The number of nitrogens with zero attached hydrogens (tertiary/aromatic N) is 2. The fourth-order valence-corrected chi connectivity index (χ4v) is 3.25. The van der Waals surface area contributed by atoms with Crippen molar-refractivity contribution in [1.82, 2.24) is 15.5 Å². The van der Waals surface area contributed by atoms with Gasteiger partial charge in [-0.15, -0.1) is 10.2 Å². The number of aromatic nitrogens is 2. The molecule has 1 aromatic heterocycles. The highest BCUT2D eigenvalue weighted by Crippen LogP contribution is 2.24. The summed E-state index contributed by atoms with van der Waals surface area (Å²) in [6.45, 7) is 3.30. The Labute approximate surface area is 136 Å². The number of thioether (sulfide) groups is 1. The van der Waals surface area contributed by atoms with Crippen molar-refractivity contribution in [3.63, 3.8) is 0 Å². The predicted octanol–water partition coefficient (Wildman–Crippen LogP) is 3.03. The van der Waals surface area contributed by atoms with Crippen molar-refractivity contribution < 1.29 is 4.79 Å². The van der Waals surface area contributed by atoms with Crippen LogP contribution in [-0.2, 0) is 11.3 Å². The molecule has 0 unspecified atom stereocenters. The summed E-state index contributed by atoms with van der Waals surface area (Å²) in [5, 5.41) is 15.4. The molecular formula is C13H15ClN4OS2. The molecule has 2 rings (SSSR count). The van der Waals surface area contributed by atoms with Crippen LogP contribution in [0.25, 0.3) is 0 Å². The van der Waals surface area contributed by atoms with Gasteiger partial charge in [0.05, 0.1) is 5.75 Å². The zero-order valence-electron chi connectivity index (χ0n) is 11.4. The first-order chi connectivity index (χ1) is 10.2. The van der Waals surface area contributed by atoms with Gasteiger partial charge in [-0.1, -0.05) is 46.8 Å². The molecule has 21 heavy (non-hydrogen) atoms. The number of carbonyl (C=O) groups excluding carboxylic acids is 1. The minimum atomic E-state index is -0.0323. The van der Waals surface area contributed by atoms with Crippen LogP contribution in [0.15, 0.2) is 28.6 Å². The monoisotopic (exact) mass is 342 g/mol. The number of amides is 1. The average molecular weight is 343 g/mol. The highest BCUT2D eigenvalue weighted by Gasteiger charge is 2.07. The van der Waals surface area contributed by atoms with E-state index in [1.54, 1.807) is 12.1 Å². The highest BCUT2D eigenvalue weighted by atomic mass is 35.5. The van der Waals surface area contributed by atoms with Gasteiger partial charge in [0.2, 0.25) is 11.0 Å². The van der Waals surface area contributed by atoms with Crippen molar-refractivity contribution in [2.75, 3.05) is 17.6 Å². The number of benzene rings is 1. The van der Waals surface area contributed by atoms with Crippen molar-refractivity contribution in [2.45, 2.75) is 17.8 Å². The van der Waals surface area contributed by atoms with Gasteiger partial charge in [-0.05, 0) is 24.6 Å². The highest BCUT2D eigenvalue weighted by molar-refractivity contribution is 8.01. The fourth-order valence-electron chi connectivity index (χ4n) is 1.47. The topological polar surface area (TPSA) is 66.9 Å². The number of halogens is 1. The van der Waals surface area contributed by atoms with Crippen LogP contribution in [0.5, 0.6) is 0 Å². The van der Waals surface area contributed by atoms with Crippen molar-refractivity contribution in [2.24, 2.45) is 0 Å². The summed E-state index contributed by atoms with van der Waals surface area (Å²) < 4.78 is 0.785. The molecule has 1 aromatic carbocycles. The largest absolute Gasteiger partial charge is 0.360 e. The van der Waals surface area contributed by atoms with Gasteiger partial charge in [0, 0.05) is 18.1 Å². The van der Waals surface area contributed by atoms with E-state index in [9.17, 15) is 4.79 Å². The van der Waals surface area contributed by atoms with Gasteiger partial charge in [-0.3, -0.25) is 4.79 Å². The average Bonchev–Trinajstić information content (AvgIpc) is 2.93. The first-order valence-corrected chi connectivity index (χ1v) is 8.56. The first kappa shape index (κ1) is 16.1. The maximum absolute atomic E-state index is 11.8. The normalized spacial score (nSPS) is 10.4. The summed E-state index contributed by atoms with van der Waals surface area (Å²) in [6.07, 6.45) is 0. The van der Waals surface area contributed by atoms with Crippen LogP contribution < -0.4 is 10.6 Å². The predicted molar refractivity (Wildman–Crippen MR) is 88.1 cm³/mol. The summed E-state index contributed by atoms with van der Waals surface area (Å²) in [6, 6.07) is 7.40. The van der Waals surface area contributed by atoms with Crippen LogP contribution in [-0.4, -0.2) is 28.4 Å². The summed E-state index contributed by atoms with van der Waals surface area (Å²) >= 11 is 8.64. The van der Waals surface area contributed by atoms with Crippen molar-refractivity contribution in [3.8, 4) is 0 Å². The minimum absolute atomic E-state index is 0.0323. The third-order valence-corrected chi connectivity index (χ3v) is 4.73. The molecule has 0 fully saturated rings. The van der Waals surface area contributed by atoms with Gasteiger partial charge in [0.15, 0.2) is 4.34 Å². The van der Waals surface area contributed by atoms with Gasteiger partial charge in [0.25, 0.3) is 0 Å². The molecule has 2 aromatic rings. The minimum Gasteiger partial charge on any atom is -0.360 e. The second-order valence-corrected chi connectivity index (χ2v) is 6.73. The summed E-state index contributed by atoms with van der Waals surface area (Å²) in [5.41, 5.74) is 1.02. The Balaban J connectivity index is 1.72. The Kier molecular flexibility index (Phi) is 6.28. The summed E-state index contributed by atoms with van der Waals surface area (Å²) in [5.74, 6) is 0.295. The number of rotatable bonds is 7. The summed E-state index contributed by atoms with van der Waals surface area (Å²) in [7, 11) is 0. The lowest BCUT2D eigenvalue weighted by Gasteiger charge is -2.04. The first-order valence-electron chi connectivity index (χ1n) is 6.38. The van der Waals surface area contributed by atoms with Gasteiger partial charge >= 0.3 is 0 Å². The lowest BCUT2D eigenvalue weighted by Crippen LogP contribution is -2.24. The Hall–Kier alpha value is -1.31. The number of hydrogen-bond donors (Lipinski definition) is 2. The molecule has 1 heterocycles. The molecular weight excluding hydrogens is 328 g/mol. The van der Waals surface area contributed by atoms with E-state index in [1.165, 1.54) is 23.1 Å². The Morgan fingerprint density at radius 1 is 1.33 bits per heavy atom. The number of nitrogens with one attached hydrogen (secondary N) is 2. The van der Waals surface area contributed by atoms with Gasteiger partial charge in [-0.25, -0.2) is 0 Å². The summed E-state index contributed by atoms with van der Waals surface area (Å²) in [4.78, 5) is 11.8. The second kappa shape index (κ2) is 8.21. The SMILES string of the molecule is CCNc1nnc(SCC(=O)NCc2ccc(Cl)cc2)s1. The van der Waals surface area contributed by atoms with Gasteiger partial charge in [0.1, 0.15) is 0 Å². The molecule has 112 valence electrons. The lowest BCUT2D eigenvalue weighted by atomic mass is 10.2. The van der Waals surface area contributed by atoms with Crippen molar-refractivity contribution >= 4 is 45.7 Å². The van der Waals surface area contributed by atoms with E-state index >= 15 is 0 Å². The molecule has 0 saturated heterocycles. The third kappa shape index (κ3) is 5.53. The van der Waals surface area contributed by atoms with Crippen LogP contribution in [0.1, 0.15) is 12.5 Å². The number of carbonyl (C=O) groups is 1. The smallest absolute Gasteiger partial charge is 0.230 e. The molecule has 0 radical (unpaired) electrons. The van der Waals surface area contributed by atoms with Gasteiger partial charge in [-0.2, -0.15) is 0 Å². The van der Waals surface area contributed by atoms with E-state index in [0.29, 0.717) is 17.3 Å². The van der Waals surface area contributed by atoms with Crippen LogP contribution in [0.2, 0.25) is 5.02 Å². The molecule has 0 saturated carbocycles. The number of anilines is 1. The number of hydrogen-bond acceptors (Lipinski definition) is 6. The van der Waals surface area contributed by atoms with Crippen LogP contribution >= 0.6 is 34.7 Å². The Morgan fingerprint density at radius 2 is 2.10 bits per heavy atom. The molecule has 0 bridgehead atoms. The maximum Gasteiger partial charge on any atom is 0.230 e. The van der Waals surface area contributed by atoms with Crippen LogP contribution in [0, 0.1) is 0 Å². The van der Waals surface area contributed by atoms with Gasteiger partial charge < -0.3 is 10.6 Å². The standard InChI is InChI=1S/C13H15ClN4OS2/c1-2-15-12-17-18-13(21-12)20-8-11(19)16-7-9-3-5-10(14)6-4-9/h3-6H,2,7-8H2,1H3,(H,15,17)(H,16,19). The molecule has 0 aliphatic heterocycles. The third-order valence-electron chi connectivity index (χ3n) is 2.46.